The van der Waals surface area contributed by atoms with Gasteiger partial charge in [0.1, 0.15) is 0 Å². The van der Waals surface area contributed by atoms with Crippen molar-refractivity contribution in [3.05, 3.63) is 0 Å². The summed E-state index contributed by atoms with van der Waals surface area (Å²) >= 11 is 0. The van der Waals surface area contributed by atoms with Gasteiger partial charge in [0.25, 0.3) is 5.92 Å². The largest absolute Gasteiger partial charge is 0.327 e. The fourth-order valence-electron chi connectivity index (χ4n) is 2.99. The van der Waals surface area contributed by atoms with Gasteiger partial charge in [-0.05, 0) is 12.3 Å². The maximum Gasteiger partial charge on any atom is 0.250 e. The van der Waals surface area contributed by atoms with Crippen LogP contribution in [0.5, 0.6) is 0 Å². The van der Waals surface area contributed by atoms with Crippen LogP contribution in [0.4, 0.5) is 8.78 Å². The minimum atomic E-state index is -2.46. The molecule has 0 radical (unpaired) electrons. The lowest BCUT2D eigenvalue weighted by Crippen LogP contribution is -2.60. The maximum atomic E-state index is 13.1. The van der Waals surface area contributed by atoms with Crippen LogP contribution in [0, 0.1) is 5.92 Å². The normalized spacial score (nSPS) is 39.2. The Morgan fingerprint density at radius 3 is 2.59 bits per heavy atom. The Labute approximate surface area is 102 Å². The zero-order chi connectivity index (χ0) is 12.5. The number of halogens is 2. The Morgan fingerprint density at radius 2 is 2.00 bits per heavy atom. The first-order valence-electron chi connectivity index (χ1n) is 6.62. The molecule has 0 amide bonds. The van der Waals surface area contributed by atoms with Crippen molar-refractivity contribution in [2.75, 3.05) is 19.6 Å². The van der Waals surface area contributed by atoms with Crippen LogP contribution >= 0.6 is 0 Å². The van der Waals surface area contributed by atoms with Crippen molar-refractivity contribution < 1.29 is 8.78 Å². The van der Waals surface area contributed by atoms with E-state index in [0.717, 1.165) is 19.4 Å². The van der Waals surface area contributed by atoms with E-state index in [4.69, 9.17) is 5.73 Å². The third-order valence-corrected chi connectivity index (χ3v) is 4.09. The number of nitrogens with zero attached hydrogens (tertiary/aromatic N) is 1. The summed E-state index contributed by atoms with van der Waals surface area (Å²) in [6, 6.07) is 0.211. The van der Waals surface area contributed by atoms with Gasteiger partial charge in [-0.15, -0.1) is 0 Å². The molecule has 100 valence electrons. The molecule has 0 aromatic carbocycles. The molecule has 0 bridgehead atoms. The van der Waals surface area contributed by atoms with Crippen LogP contribution in [0.3, 0.4) is 0 Å². The van der Waals surface area contributed by atoms with E-state index >= 15 is 0 Å². The molecule has 2 heterocycles. The average molecular weight is 247 g/mol. The van der Waals surface area contributed by atoms with E-state index in [2.05, 4.69) is 17.1 Å². The second-order valence-corrected chi connectivity index (χ2v) is 5.41. The first kappa shape index (κ1) is 13.2. The first-order chi connectivity index (χ1) is 8.02. The summed E-state index contributed by atoms with van der Waals surface area (Å²) in [5.74, 6) is -1.96. The van der Waals surface area contributed by atoms with Gasteiger partial charge < -0.3 is 5.73 Å². The lowest BCUT2D eigenvalue weighted by atomic mass is 9.89. The summed E-state index contributed by atoms with van der Waals surface area (Å²) in [5, 5.41) is 3.42. The van der Waals surface area contributed by atoms with Gasteiger partial charge in [0, 0.05) is 38.5 Å². The summed E-state index contributed by atoms with van der Waals surface area (Å²) in [5.41, 5.74) is 5.93. The van der Waals surface area contributed by atoms with E-state index in [-0.39, 0.29) is 25.0 Å². The molecule has 3 N–H and O–H groups in total. The van der Waals surface area contributed by atoms with E-state index in [0.29, 0.717) is 19.0 Å². The van der Waals surface area contributed by atoms with Crippen LogP contribution in [-0.2, 0) is 0 Å². The van der Waals surface area contributed by atoms with Crippen molar-refractivity contribution in [3.8, 4) is 0 Å². The molecule has 17 heavy (non-hydrogen) atoms. The lowest BCUT2D eigenvalue weighted by Gasteiger charge is -2.44. The lowest BCUT2D eigenvalue weighted by molar-refractivity contribution is -0.0750. The van der Waals surface area contributed by atoms with E-state index < -0.39 is 5.92 Å². The number of rotatable bonds is 2. The first-order valence-corrected chi connectivity index (χ1v) is 6.62. The van der Waals surface area contributed by atoms with E-state index in [1.807, 2.05) is 0 Å². The fourth-order valence-corrected chi connectivity index (χ4v) is 2.99. The van der Waals surface area contributed by atoms with E-state index in [1.54, 1.807) is 0 Å². The molecule has 5 heteroatoms. The second-order valence-electron chi connectivity index (χ2n) is 5.41. The highest BCUT2D eigenvalue weighted by atomic mass is 19.3. The number of hydrogen-bond acceptors (Lipinski definition) is 3. The van der Waals surface area contributed by atoms with Gasteiger partial charge in [0.15, 0.2) is 0 Å². The average Bonchev–Trinajstić information content (AvgIpc) is 2.29. The second kappa shape index (κ2) is 5.16. The fraction of sp³-hybridized carbons (Fsp3) is 1.00. The molecular weight excluding hydrogens is 224 g/mol. The monoisotopic (exact) mass is 247 g/mol. The molecule has 2 fully saturated rings. The zero-order valence-corrected chi connectivity index (χ0v) is 10.5. The summed E-state index contributed by atoms with van der Waals surface area (Å²) in [7, 11) is 0. The summed E-state index contributed by atoms with van der Waals surface area (Å²) in [4.78, 5) is 2.18. The van der Waals surface area contributed by atoms with Crippen LogP contribution < -0.4 is 11.1 Å². The molecule has 0 spiro atoms. The minimum Gasteiger partial charge on any atom is -0.327 e. The van der Waals surface area contributed by atoms with Gasteiger partial charge in [-0.3, -0.25) is 10.2 Å². The van der Waals surface area contributed by atoms with Crippen molar-refractivity contribution >= 4 is 0 Å². The molecule has 0 aromatic heterocycles. The van der Waals surface area contributed by atoms with Gasteiger partial charge in [0.05, 0.1) is 6.17 Å². The SMILES string of the molecule is CCC1CC(N)CNC1N1CCC(F)(F)CC1. The number of nitrogens with two attached hydrogens (primary N) is 1. The van der Waals surface area contributed by atoms with Gasteiger partial charge in [-0.2, -0.15) is 0 Å². The van der Waals surface area contributed by atoms with Crippen molar-refractivity contribution in [2.24, 2.45) is 11.7 Å². The highest BCUT2D eigenvalue weighted by Gasteiger charge is 2.39. The predicted molar refractivity (Wildman–Crippen MR) is 63.9 cm³/mol. The van der Waals surface area contributed by atoms with Crippen molar-refractivity contribution in [1.82, 2.24) is 10.2 Å². The standard InChI is InChI=1S/C12H23F2N3/c1-2-9-7-10(15)8-16-11(9)17-5-3-12(13,14)4-6-17/h9-11,16H,2-8,15H2,1H3. The third-order valence-electron chi connectivity index (χ3n) is 4.09. The Kier molecular flexibility index (Phi) is 4.00. The highest BCUT2D eigenvalue weighted by Crippen LogP contribution is 2.31. The minimum absolute atomic E-state index is 0.00628. The van der Waals surface area contributed by atoms with Crippen LogP contribution in [-0.4, -0.2) is 42.7 Å². The summed E-state index contributed by atoms with van der Waals surface area (Å²) in [6.45, 7) is 3.94. The quantitative estimate of drug-likeness (QED) is 0.775. The molecular formula is C12H23F2N3. The van der Waals surface area contributed by atoms with E-state index in [9.17, 15) is 8.78 Å². The molecule has 0 saturated carbocycles. The molecule has 0 aliphatic carbocycles. The molecule has 3 unspecified atom stereocenters. The number of hydrogen-bond donors (Lipinski definition) is 2. The maximum absolute atomic E-state index is 13.1. The van der Waals surface area contributed by atoms with Crippen molar-refractivity contribution in [2.45, 2.75) is 50.7 Å². The van der Waals surface area contributed by atoms with Gasteiger partial charge >= 0.3 is 0 Å². The van der Waals surface area contributed by atoms with Crippen LogP contribution in [0.1, 0.15) is 32.6 Å². The number of alkyl halides is 2. The molecule has 2 aliphatic rings. The Balaban J connectivity index is 1.93. The van der Waals surface area contributed by atoms with E-state index in [1.165, 1.54) is 0 Å². The van der Waals surface area contributed by atoms with Gasteiger partial charge in [0.2, 0.25) is 0 Å². The third kappa shape index (κ3) is 3.14. The summed E-state index contributed by atoms with van der Waals surface area (Å²) < 4.78 is 26.2. The Hall–Kier alpha value is -0.260. The molecule has 2 aliphatic heterocycles. The smallest absolute Gasteiger partial charge is 0.250 e. The highest BCUT2D eigenvalue weighted by molar-refractivity contribution is 4.89. The molecule has 3 nitrogen and oxygen atoms in total. The van der Waals surface area contributed by atoms with Crippen molar-refractivity contribution in [1.29, 1.82) is 0 Å². The number of piperidine rings is 2. The Morgan fingerprint density at radius 1 is 1.35 bits per heavy atom. The molecule has 2 saturated heterocycles. The van der Waals surface area contributed by atoms with Crippen LogP contribution in [0.15, 0.2) is 0 Å². The number of nitrogens with one attached hydrogen (secondary N) is 1. The van der Waals surface area contributed by atoms with Gasteiger partial charge in [-0.1, -0.05) is 13.3 Å². The number of likely N-dealkylation sites (tertiary alicyclic amines) is 1. The Bertz CT molecular complexity index is 250. The molecule has 2 rings (SSSR count). The molecule has 0 aromatic rings. The van der Waals surface area contributed by atoms with Crippen molar-refractivity contribution in [3.63, 3.8) is 0 Å². The van der Waals surface area contributed by atoms with Crippen LogP contribution in [0.25, 0.3) is 0 Å². The summed E-state index contributed by atoms with van der Waals surface area (Å²) in [6.07, 6.45) is 2.29. The topological polar surface area (TPSA) is 41.3 Å². The molecule has 3 atom stereocenters. The van der Waals surface area contributed by atoms with Crippen LogP contribution in [0.2, 0.25) is 0 Å². The zero-order valence-electron chi connectivity index (χ0n) is 10.5. The predicted octanol–water partition coefficient (Wildman–Crippen LogP) is 1.39. The van der Waals surface area contributed by atoms with Gasteiger partial charge in [-0.25, -0.2) is 8.78 Å².